The van der Waals surface area contributed by atoms with Crippen molar-refractivity contribution in [3.63, 3.8) is 0 Å². The lowest BCUT2D eigenvalue weighted by atomic mass is 10.1. The van der Waals surface area contributed by atoms with E-state index in [-0.39, 0.29) is 5.91 Å². The summed E-state index contributed by atoms with van der Waals surface area (Å²) >= 11 is 6.11. The molecule has 1 N–H and O–H groups in total. The fraction of sp³-hybridized carbons (Fsp3) is 0.346. The highest BCUT2D eigenvalue weighted by atomic mass is 35.5. The largest absolute Gasteiger partial charge is 0.351 e. The van der Waals surface area contributed by atoms with Crippen LogP contribution in [0.5, 0.6) is 0 Å². The molecule has 5 heteroatoms. The minimum atomic E-state index is -0.0166. The molecule has 0 spiro atoms. The fourth-order valence-electron chi connectivity index (χ4n) is 4.40. The standard InChI is InChI=1S/C26H30ClN3O/c1-19-8-4-5-9-24(19)30-20(2)23(18-25(30)21-10-12-22(27)13-11-21)26(31)28-14-17-29-15-6-3-7-16-29/h4-5,8-13,18H,3,6-7,14-17H2,1-2H3,(H,28,31). The lowest BCUT2D eigenvalue weighted by molar-refractivity contribution is 0.0946. The van der Waals surface area contributed by atoms with E-state index in [0.717, 1.165) is 47.8 Å². The maximum atomic E-state index is 13.1. The molecule has 1 aromatic heterocycles. The molecule has 0 unspecified atom stereocenters. The van der Waals surface area contributed by atoms with Gasteiger partial charge in [-0.2, -0.15) is 0 Å². The Bertz CT molecular complexity index is 1050. The SMILES string of the molecule is Cc1ccccc1-n1c(-c2ccc(Cl)cc2)cc(C(=O)NCCN2CCCCC2)c1C. The molecule has 0 radical (unpaired) electrons. The van der Waals surface area contributed by atoms with E-state index in [1.165, 1.54) is 19.3 Å². The zero-order valence-corrected chi connectivity index (χ0v) is 19.1. The third-order valence-electron chi connectivity index (χ3n) is 6.15. The molecule has 162 valence electrons. The Kier molecular flexibility index (Phi) is 6.79. The van der Waals surface area contributed by atoms with Gasteiger partial charge in [-0.05, 0) is 75.2 Å². The van der Waals surface area contributed by atoms with Crippen LogP contribution in [0.4, 0.5) is 0 Å². The number of carbonyl (C=O) groups is 1. The molecule has 0 saturated carbocycles. The average molecular weight is 436 g/mol. The molecular weight excluding hydrogens is 406 g/mol. The van der Waals surface area contributed by atoms with Crippen LogP contribution in [0.25, 0.3) is 16.9 Å². The Morgan fingerprint density at radius 1 is 1.00 bits per heavy atom. The molecular formula is C26H30ClN3O. The number of halogens is 1. The Morgan fingerprint density at radius 3 is 2.42 bits per heavy atom. The molecule has 4 rings (SSSR count). The van der Waals surface area contributed by atoms with Crippen LogP contribution in [0.15, 0.2) is 54.6 Å². The molecule has 1 saturated heterocycles. The average Bonchev–Trinajstić information content (AvgIpc) is 3.12. The number of nitrogens with one attached hydrogen (secondary N) is 1. The summed E-state index contributed by atoms with van der Waals surface area (Å²) < 4.78 is 2.18. The Balaban J connectivity index is 1.63. The maximum absolute atomic E-state index is 13.1. The predicted octanol–water partition coefficient (Wildman–Crippen LogP) is 5.63. The highest BCUT2D eigenvalue weighted by molar-refractivity contribution is 6.30. The van der Waals surface area contributed by atoms with E-state index in [1.807, 2.05) is 49.4 Å². The minimum Gasteiger partial charge on any atom is -0.351 e. The van der Waals surface area contributed by atoms with Gasteiger partial charge in [0, 0.05) is 29.5 Å². The highest BCUT2D eigenvalue weighted by Crippen LogP contribution is 2.31. The monoisotopic (exact) mass is 435 g/mol. The molecule has 1 fully saturated rings. The van der Waals surface area contributed by atoms with E-state index in [1.54, 1.807) is 0 Å². The van der Waals surface area contributed by atoms with Gasteiger partial charge in [-0.25, -0.2) is 0 Å². The number of aryl methyl sites for hydroxylation is 1. The lowest BCUT2D eigenvalue weighted by Crippen LogP contribution is -2.37. The lowest BCUT2D eigenvalue weighted by Gasteiger charge is -2.26. The summed E-state index contributed by atoms with van der Waals surface area (Å²) in [5.74, 6) is -0.0166. The summed E-state index contributed by atoms with van der Waals surface area (Å²) in [4.78, 5) is 15.5. The van der Waals surface area contributed by atoms with Gasteiger partial charge in [-0.15, -0.1) is 0 Å². The molecule has 1 aliphatic rings. The minimum absolute atomic E-state index is 0.0166. The van der Waals surface area contributed by atoms with Crippen molar-refractivity contribution in [1.29, 1.82) is 0 Å². The van der Waals surface area contributed by atoms with E-state index >= 15 is 0 Å². The zero-order valence-electron chi connectivity index (χ0n) is 18.3. The number of benzene rings is 2. The van der Waals surface area contributed by atoms with Gasteiger partial charge in [0.2, 0.25) is 0 Å². The number of hydrogen-bond acceptors (Lipinski definition) is 2. The smallest absolute Gasteiger partial charge is 0.253 e. The van der Waals surface area contributed by atoms with Crippen molar-refractivity contribution in [2.45, 2.75) is 33.1 Å². The van der Waals surface area contributed by atoms with Crippen LogP contribution in [-0.2, 0) is 0 Å². The molecule has 1 aliphatic heterocycles. The quantitative estimate of drug-likeness (QED) is 0.544. The van der Waals surface area contributed by atoms with Crippen molar-refractivity contribution in [3.05, 3.63) is 76.4 Å². The zero-order chi connectivity index (χ0) is 21.8. The Hall–Kier alpha value is -2.56. The topological polar surface area (TPSA) is 37.3 Å². The van der Waals surface area contributed by atoms with E-state index in [4.69, 9.17) is 11.6 Å². The van der Waals surface area contributed by atoms with Gasteiger partial charge in [0.25, 0.3) is 5.91 Å². The molecule has 0 atom stereocenters. The highest BCUT2D eigenvalue weighted by Gasteiger charge is 2.20. The number of aromatic nitrogens is 1. The van der Waals surface area contributed by atoms with Gasteiger partial charge >= 0.3 is 0 Å². The van der Waals surface area contributed by atoms with Crippen LogP contribution in [0.2, 0.25) is 5.02 Å². The van der Waals surface area contributed by atoms with Crippen LogP contribution < -0.4 is 5.32 Å². The van der Waals surface area contributed by atoms with E-state index in [2.05, 4.69) is 33.8 Å². The van der Waals surface area contributed by atoms with E-state index in [9.17, 15) is 4.79 Å². The summed E-state index contributed by atoms with van der Waals surface area (Å²) in [6.07, 6.45) is 3.84. The number of amides is 1. The molecule has 0 bridgehead atoms. The summed E-state index contributed by atoms with van der Waals surface area (Å²) in [5, 5.41) is 3.84. The molecule has 2 heterocycles. The Morgan fingerprint density at radius 2 is 1.71 bits per heavy atom. The first kappa shape index (κ1) is 21.7. The number of hydrogen-bond donors (Lipinski definition) is 1. The second-order valence-corrected chi connectivity index (χ2v) is 8.75. The number of para-hydroxylation sites is 1. The van der Waals surface area contributed by atoms with Crippen molar-refractivity contribution < 1.29 is 4.79 Å². The third kappa shape index (κ3) is 4.86. The summed E-state index contributed by atoms with van der Waals surface area (Å²) in [7, 11) is 0. The number of rotatable bonds is 6. The summed E-state index contributed by atoms with van der Waals surface area (Å²) in [6.45, 7) is 7.97. The maximum Gasteiger partial charge on any atom is 0.253 e. The normalized spacial score (nSPS) is 14.5. The van der Waals surface area contributed by atoms with Crippen molar-refractivity contribution in [1.82, 2.24) is 14.8 Å². The van der Waals surface area contributed by atoms with Crippen LogP contribution >= 0.6 is 11.6 Å². The molecule has 3 aromatic rings. The first-order chi connectivity index (χ1) is 15.0. The van der Waals surface area contributed by atoms with Crippen LogP contribution in [0, 0.1) is 13.8 Å². The number of carbonyl (C=O) groups excluding carboxylic acids is 1. The molecule has 1 amide bonds. The number of likely N-dealkylation sites (tertiary alicyclic amines) is 1. The Labute approximate surface area is 189 Å². The summed E-state index contributed by atoms with van der Waals surface area (Å²) in [5.41, 5.74) is 5.92. The van der Waals surface area contributed by atoms with Gasteiger partial charge in [-0.3, -0.25) is 4.79 Å². The second kappa shape index (κ2) is 9.71. The van der Waals surface area contributed by atoms with E-state index in [0.29, 0.717) is 17.1 Å². The molecule has 31 heavy (non-hydrogen) atoms. The van der Waals surface area contributed by atoms with Gasteiger partial charge in [-0.1, -0.05) is 48.4 Å². The second-order valence-electron chi connectivity index (χ2n) is 8.32. The first-order valence-electron chi connectivity index (χ1n) is 11.1. The van der Waals surface area contributed by atoms with Crippen LogP contribution in [-0.4, -0.2) is 41.6 Å². The van der Waals surface area contributed by atoms with Gasteiger partial charge in [0.15, 0.2) is 0 Å². The van der Waals surface area contributed by atoms with Crippen molar-refractivity contribution >= 4 is 17.5 Å². The van der Waals surface area contributed by atoms with Crippen LogP contribution in [0.3, 0.4) is 0 Å². The molecule has 4 nitrogen and oxygen atoms in total. The predicted molar refractivity (Wildman–Crippen MR) is 128 cm³/mol. The van der Waals surface area contributed by atoms with Gasteiger partial charge in [0.1, 0.15) is 0 Å². The van der Waals surface area contributed by atoms with Gasteiger partial charge < -0.3 is 14.8 Å². The number of piperidine rings is 1. The van der Waals surface area contributed by atoms with E-state index < -0.39 is 0 Å². The third-order valence-corrected chi connectivity index (χ3v) is 6.40. The molecule has 2 aromatic carbocycles. The first-order valence-corrected chi connectivity index (χ1v) is 11.5. The van der Waals surface area contributed by atoms with Gasteiger partial charge in [0.05, 0.1) is 11.3 Å². The summed E-state index contributed by atoms with van der Waals surface area (Å²) in [6, 6.07) is 18.0. The molecule has 0 aliphatic carbocycles. The van der Waals surface area contributed by atoms with Crippen LogP contribution in [0.1, 0.15) is 40.9 Å². The fourth-order valence-corrected chi connectivity index (χ4v) is 4.53. The van der Waals surface area contributed by atoms with Crippen molar-refractivity contribution in [3.8, 4) is 16.9 Å². The van der Waals surface area contributed by atoms with Crippen molar-refractivity contribution in [2.24, 2.45) is 0 Å². The van der Waals surface area contributed by atoms with Crippen molar-refractivity contribution in [2.75, 3.05) is 26.2 Å². The number of nitrogens with zero attached hydrogens (tertiary/aromatic N) is 2.